The van der Waals surface area contributed by atoms with Gasteiger partial charge in [-0.25, -0.2) is 4.39 Å². The van der Waals surface area contributed by atoms with Crippen molar-refractivity contribution in [3.63, 3.8) is 0 Å². The summed E-state index contributed by atoms with van der Waals surface area (Å²) in [5, 5.41) is 12.0. The molecule has 1 amide bonds. The van der Waals surface area contributed by atoms with Gasteiger partial charge in [-0.05, 0) is 36.8 Å². The third kappa shape index (κ3) is 3.89. The number of amides is 1. The number of carbonyl (C=O) groups excluding carboxylic acids is 1. The van der Waals surface area contributed by atoms with Crippen molar-refractivity contribution in [2.45, 2.75) is 12.1 Å². The highest BCUT2D eigenvalue weighted by Gasteiger charge is 2.15. The molecule has 0 aliphatic carbocycles. The van der Waals surface area contributed by atoms with E-state index in [1.165, 1.54) is 17.8 Å². The van der Waals surface area contributed by atoms with Crippen LogP contribution >= 0.6 is 23.4 Å². The second kappa shape index (κ2) is 7.88. The van der Waals surface area contributed by atoms with Gasteiger partial charge in [-0.2, -0.15) is 0 Å². The topological polar surface area (TPSA) is 59.8 Å². The second-order valence-electron chi connectivity index (χ2n) is 5.59. The van der Waals surface area contributed by atoms with E-state index in [4.69, 9.17) is 11.6 Å². The minimum absolute atomic E-state index is 0.148. The van der Waals surface area contributed by atoms with Crippen molar-refractivity contribution < 1.29 is 9.18 Å². The predicted octanol–water partition coefficient (Wildman–Crippen LogP) is 4.31. The van der Waals surface area contributed by atoms with E-state index in [0.717, 1.165) is 5.56 Å². The Labute approximate surface area is 159 Å². The first-order chi connectivity index (χ1) is 12.5. The normalized spacial score (nSPS) is 10.8. The number of halogens is 2. The van der Waals surface area contributed by atoms with Gasteiger partial charge in [-0.15, -0.1) is 10.2 Å². The minimum atomic E-state index is -0.367. The van der Waals surface area contributed by atoms with Gasteiger partial charge < -0.3 is 9.88 Å². The number of nitrogens with one attached hydrogen (secondary N) is 1. The lowest BCUT2D eigenvalue weighted by atomic mass is 10.2. The molecule has 0 fully saturated rings. The van der Waals surface area contributed by atoms with E-state index in [0.29, 0.717) is 27.3 Å². The third-order valence-electron chi connectivity index (χ3n) is 3.82. The summed E-state index contributed by atoms with van der Waals surface area (Å²) in [6.07, 6.45) is 0. The Balaban J connectivity index is 1.68. The summed E-state index contributed by atoms with van der Waals surface area (Å²) >= 11 is 7.28. The Morgan fingerprint density at radius 1 is 1.23 bits per heavy atom. The molecular formula is C18H16ClFN4OS. The first-order valence-corrected chi connectivity index (χ1v) is 9.16. The van der Waals surface area contributed by atoms with Gasteiger partial charge in [-0.1, -0.05) is 41.6 Å². The van der Waals surface area contributed by atoms with E-state index in [1.54, 1.807) is 48.0 Å². The molecule has 8 heteroatoms. The Morgan fingerprint density at radius 3 is 2.77 bits per heavy atom. The van der Waals surface area contributed by atoms with E-state index in [9.17, 15) is 9.18 Å². The molecule has 3 aromatic rings. The van der Waals surface area contributed by atoms with Gasteiger partial charge in [-0.3, -0.25) is 4.79 Å². The number of benzene rings is 2. The van der Waals surface area contributed by atoms with Gasteiger partial charge in [0.05, 0.1) is 11.3 Å². The maximum Gasteiger partial charge on any atom is 0.234 e. The summed E-state index contributed by atoms with van der Waals surface area (Å²) in [4.78, 5) is 12.2. The number of hydrogen-bond acceptors (Lipinski definition) is 4. The fourth-order valence-electron chi connectivity index (χ4n) is 2.38. The average Bonchev–Trinajstić information content (AvgIpc) is 2.98. The number of hydrogen-bond donors (Lipinski definition) is 1. The molecule has 3 rings (SSSR count). The van der Waals surface area contributed by atoms with Gasteiger partial charge in [0, 0.05) is 17.8 Å². The Kier molecular flexibility index (Phi) is 5.58. The Morgan fingerprint density at radius 2 is 2.00 bits per heavy atom. The lowest BCUT2D eigenvalue weighted by Gasteiger charge is -2.09. The van der Waals surface area contributed by atoms with Gasteiger partial charge >= 0.3 is 0 Å². The molecule has 134 valence electrons. The molecule has 0 aliphatic heterocycles. The molecule has 0 aliphatic rings. The summed E-state index contributed by atoms with van der Waals surface area (Å²) < 4.78 is 15.6. The van der Waals surface area contributed by atoms with Gasteiger partial charge in [0.1, 0.15) is 5.82 Å². The van der Waals surface area contributed by atoms with Gasteiger partial charge in [0.25, 0.3) is 0 Å². The van der Waals surface area contributed by atoms with Crippen LogP contribution in [0.4, 0.5) is 10.1 Å². The summed E-state index contributed by atoms with van der Waals surface area (Å²) in [5.41, 5.74) is 1.86. The van der Waals surface area contributed by atoms with Crippen LogP contribution in [0.2, 0.25) is 5.02 Å². The van der Waals surface area contributed by atoms with Crippen LogP contribution in [-0.2, 0) is 11.8 Å². The zero-order chi connectivity index (χ0) is 18.7. The van der Waals surface area contributed by atoms with Crippen molar-refractivity contribution in [3.05, 3.63) is 58.9 Å². The molecule has 1 aromatic heterocycles. The first kappa shape index (κ1) is 18.4. The maximum absolute atomic E-state index is 13.9. The fraction of sp³-hybridized carbons (Fsp3) is 0.167. The highest BCUT2D eigenvalue weighted by Crippen LogP contribution is 2.26. The summed E-state index contributed by atoms with van der Waals surface area (Å²) in [7, 11) is 1.74. The molecule has 5 nitrogen and oxygen atoms in total. The highest BCUT2D eigenvalue weighted by atomic mass is 35.5. The van der Waals surface area contributed by atoms with Crippen LogP contribution in [0.5, 0.6) is 0 Å². The molecule has 0 spiro atoms. The largest absolute Gasteiger partial charge is 0.325 e. The lowest BCUT2D eigenvalue weighted by Crippen LogP contribution is -2.15. The van der Waals surface area contributed by atoms with E-state index in [-0.39, 0.29) is 17.5 Å². The van der Waals surface area contributed by atoms with Gasteiger partial charge in [0.2, 0.25) is 5.91 Å². The zero-order valence-electron chi connectivity index (χ0n) is 14.2. The lowest BCUT2D eigenvalue weighted by molar-refractivity contribution is -0.113. The van der Waals surface area contributed by atoms with Crippen molar-refractivity contribution >= 4 is 35.0 Å². The van der Waals surface area contributed by atoms with Crippen LogP contribution in [0.1, 0.15) is 5.56 Å². The molecular weight excluding hydrogens is 375 g/mol. The van der Waals surface area contributed by atoms with Crippen LogP contribution < -0.4 is 5.32 Å². The molecule has 26 heavy (non-hydrogen) atoms. The standard InChI is InChI=1S/C18H16ClFN4OS/c1-11-13(19)7-5-9-15(11)21-16(25)10-26-18-23-22-17(24(18)2)12-6-3-4-8-14(12)20/h3-9H,10H2,1-2H3,(H,21,25). The molecule has 0 atom stereocenters. The maximum atomic E-state index is 13.9. The fourth-order valence-corrected chi connectivity index (χ4v) is 3.26. The quantitative estimate of drug-likeness (QED) is 0.659. The van der Waals surface area contributed by atoms with Crippen LogP contribution in [0.3, 0.4) is 0 Å². The van der Waals surface area contributed by atoms with Crippen molar-refractivity contribution in [2.24, 2.45) is 7.05 Å². The Hall–Kier alpha value is -2.38. The molecule has 0 bridgehead atoms. The molecule has 0 saturated heterocycles. The first-order valence-electron chi connectivity index (χ1n) is 7.79. The zero-order valence-corrected chi connectivity index (χ0v) is 15.7. The molecule has 0 unspecified atom stereocenters. The van der Waals surface area contributed by atoms with Crippen molar-refractivity contribution in [3.8, 4) is 11.4 Å². The second-order valence-corrected chi connectivity index (χ2v) is 6.94. The predicted molar refractivity (Wildman–Crippen MR) is 102 cm³/mol. The molecule has 1 N–H and O–H groups in total. The average molecular weight is 391 g/mol. The molecule has 0 saturated carbocycles. The number of nitrogens with zero attached hydrogens (tertiary/aromatic N) is 3. The summed E-state index contributed by atoms with van der Waals surface area (Å²) in [6, 6.07) is 11.7. The third-order valence-corrected chi connectivity index (χ3v) is 5.25. The van der Waals surface area contributed by atoms with Crippen LogP contribution in [0, 0.1) is 12.7 Å². The molecule has 1 heterocycles. The molecule has 0 radical (unpaired) electrons. The number of aromatic nitrogens is 3. The highest BCUT2D eigenvalue weighted by molar-refractivity contribution is 7.99. The monoisotopic (exact) mass is 390 g/mol. The van der Waals surface area contributed by atoms with E-state index >= 15 is 0 Å². The Bertz CT molecular complexity index is 960. The smallest absolute Gasteiger partial charge is 0.234 e. The molecule has 2 aromatic carbocycles. The number of rotatable bonds is 5. The number of thioether (sulfide) groups is 1. The van der Waals surface area contributed by atoms with E-state index < -0.39 is 0 Å². The summed E-state index contributed by atoms with van der Waals surface area (Å²) in [6.45, 7) is 1.84. The number of anilines is 1. The van der Waals surface area contributed by atoms with Gasteiger partial charge in [0.15, 0.2) is 11.0 Å². The van der Waals surface area contributed by atoms with E-state index in [2.05, 4.69) is 15.5 Å². The van der Waals surface area contributed by atoms with Crippen LogP contribution in [-0.4, -0.2) is 26.4 Å². The number of carbonyl (C=O) groups is 1. The van der Waals surface area contributed by atoms with Crippen molar-refractivity contribution in [2.75, 3.05) is 11.1 Å². The van der Waals surface area contributed by atoms with Crippen LogP contribution in [0.15, 0.2) is 47.6 Å². The summed E-state index contributed by atoms with van der Waals surface area (Å²) in [5.74, 6) is 0.0103. The van der Waals surface area contributed by atoms with Crippen LogP contribution in [0.25, 0.3) is 11.4 Å². The SMILES string of the molecule is Cc1c(Cl)cccc1NC(=O)CSc1nnc(-c2ccccc2F)n1C. The van der Waals surface area contributed by atoms with Crippen molar-refractivity contribution in [1.82, 2.24) is 14.8 Å². The van der Waals surface area contributed by atoms with Crippen molar-refractivity contribution in [1.29, 1.82) is 0 Å². The van der Waals surface area contributed by atoms with E-state index in [1.807, 2.05) is 6.92 Å². The minimum Gasteiger partial charge on any atom is -0.325 e.